The van der Waals surface area contributed by atoms with E-state index < -0.39 is 17.5 Å². The van der Waals surface area contributed by atoms with Crippen LogP contribution in [0.25, 0.3) is 6.08 Å². The van der Waals surface area contributed by atoms with Crippen LogP contribution in [0.1, 0.15) is 31.8 Å². The minimum Gasteiger partial charge on any atom is -0.504 e. The van der Waals surface area contributed by atoms with Crippen molar-refractivity contribution in [2.45, 2.75) is 6.92 Å². The fourth-order valence-electron chi connectivity index (χ4n) is 1.94. The average molecular weight is 282 g/mol. The van der Waals surface area contributed by atoms with Crippen molar-refractivity contribution in [3.8, 4) is 0 Å². The van der Waals surface area contributed by atoms with Crippen molar-refractivity contribution >= 4 is 17.8 Å². The number of carboxylic acids is 1. The number of aromatic carboxylic acids is 1. The number of rotatable bonds is 4. The predicted molar refractivity (Wildman–Crippen MR) is 79.5 cm³/mol. The summed E-state index contributed by atoms with van der Waals surface area (Å²) in [6, 6.07) is 13.3. The molecule has 0 heterocycles. The fraction of sp³-hybridized carbons (Fsp3) is 0.0588. The highest BCUT2D eigenvalue weighted by Crippen LogP contribution is 2.17. The van der Waals surface area contributed by atoms with Crippen LogP contribution in [0.2, 0.25) is 0 Å². The molecular formula is C17H14O4. The lowest BCUT2D eigenvalue weighted by Gasteiger charge is -2.06. The minimum atomic E-state index is -1.20. The number of benzene rings is 2. The van der Waals surface area contributed by atoms with Gasteiger partial charge in [-0.05, 0) is 30.7 Å². The van der Waals surface area contributed by atoms with E-state index in [4.69, 9.17) is 5.11 Å². The van der Waals surface area contributed by atoms with Crippen molar-refractivity contribution in [3.05, 3.63) is 76.5 Å². The molecule has 2 aromatic rings. The summed E-state index contributed by atoms with van der Waals surface area (Å²) in [5.41, 5.74) is 1.24. The van der Waals surface area contributed by atoms with E-state index in [9.17, 15) is 14.7 Å². The van der Waals surface area contributed by atoms with Crippen LogP contribution < -0.4 is 0 Å². The molecule has 0 radical (unpaired) electrons. The molecular weight excluding hydrogens is 268 g/mol. The van der Waals surface area contributed by atoms with Crippen LogP contribution in [0.5, 0.6) is 0 Å². The molecule has 0 saturated heterocycles. The van der Waals surface area contributed by atoms with Gasteiger partial charge in [0.1, 0.15) is 0 Å². The molecule has 2 aromatic carbocycles. The van der Waals surface area contributed by atoms with Crippen LogP contribution >= 0.6 is 0 Å². The molecule has 4 nitrogen and oxygen atoms in total. The summed E-state index contributed by atoms with van der Waals surface area (Å²) < 4.78 is 0. The number of carbonyl (C=O) groups excluding carboxylic acids is 1. The van der Waals surface area contributed by atoms with E-state index >= 15 is 0 Å². The second kappa shape index (κ2) is 6.05. The number of ketones is 1. The summed E-state index contributed by atoms with van der Waals surface area (Å²) in [5.74, 6) is -2.40. The lowest BCUT2D eigenvalue weighted by atomic mass is 9.99. The lowest BCUT2D eigenvalue weighted by molar-refractivity contribution is 0.0692. The molecule has 0 aliphatic rings. The Hall–Kier alpha value is -2.88. The third kappa shape index (κ3) is 3.36. The highest BCUT2D eigenvalue weighted by Gasteiger charge is 2.19. The number of aliphatic hydroxyl groups excluding tert-OH is 1. The standard InChI is InChI=1S/C17H14O4/c1-11-7-8-13(14(9-11)17(20)21)16(19)15(18)10-12-5-3-2-4-6-12/h2-10,18H,1H3,(H,20,21). The Balaban J connectivity index is 2.41. The number of aryl methyl sites for hydroxylation is 1. The van der Waals surface area contributed by atoms with E-state index in [1.165, 1.54) is 18.2 Å². The third-order valence-corrected chi connectivity index (χ3v) is 2.99. The summed E-state index contributed by atoms with van der Waals surface area (Å²) >= 11 is 0. The van der Waals surface area contributed by atoms with Gasteiger partial charge in [0.25, 0.3) is 0 Å². The topological polar surface area (TPSA) is 74.6 Å². The Morgan fingerprint density at radius 1 is 0.952 bits per heavy atom. The number of carboxylic acid groups (broad SMARTS) is 1. The molecule has 0 atom stereocenters. The zero-order chi connectivity index (χ0) is 15.4. The Labute approximate surface area is 122 Å². The lowest BCUT2D eigenvalue weighted by Crippen LogP contribution is -2.11. The van der Waals surface area contributed by atoms with Gasteiger partial charge in [0.05, 0.1) is 5.56 Å². The van der Waals surface area contributed by atoms with E-state index in [0.717, 1.165) is 5.56 Å². The van der Waals surface area contributed by atoms with Crippen LogP contribution in [0.3, 0.4) is 0 Å². The quantitative estimate of drug-likeness (QED) is 0.511. The first kappa shape index (κ1) is 14.5. The van der Waals surface area contributed by atoms with Gasteiger partial charge in [-0.1, -0.05) is 42.0 Å². The summed E-state index contributed by atoms with van der Waals surface area (Å²) in [5, 5.41) is 19.1. The number of allylic oxidation sites excluding steroid dienone is 1. The summed E-state index contributed by atoms with van der Waals surface area (Å²) in [7, 11) is 0. The van der Waals surface area contributed by atoms with Crippen molar-refractivity contribution < 1.29 is 19.8 Å². The van der Waals surface area contributed by atoms with Gasteiger partial charge in [-0.2, -0.15) is 0 Å². The van der Waals surface area contributed by atoms with Crippen LogP contribution in [0.15, 0.2) is 54.3 Å². The molecule has 0 aliphatic carbocycles. The van der Waals surface area contributed by atoms with Crippen molar-refractivity contribution in [1.82, 2.24) is 0 Å². The molecule has 106 valence electrons. The molecule has 2 rings (SSSR count). The zero-order valence-corrected chi connectivity index (χ0v) is 11.4. The summed E-state index contributed by atoms with van der Waals surface area (Å²) in [6.45, 7) is 1.74. The zero-order valence-electron chi connectivity index (χ0n) is 11.4. The first-order chi connectivity index (χ1) is 9.99. The molecule has 0 bridgehead atoms. The highest BCUT2D eigenvalue weighted by molar-refractivity contribution is 6.14. The molecule has 0 unspecified atom stereocenters. The van der Waals surface area contributed by atoms with Gasteiger partial charge in [0.2, 0.25) is 5.78 Å². The van der Waals surface area contributed by atoms with Crippen LogP contribution in [0, 0.1) is 6.92 Å². The van der Waals surface area contributed by atoms with Crippen LogP contribution in [-0.4, -0.2) is 22.0 Å². The van der Waals surface area contributed by atoms with Crippen LogP contribution in [-0.2, 0) is 0 Å². The molecule has 0 aliphatic heterocycles. The Kier molecular flexibility index (Phi) is 4.18. The van der Waals surface area contributed by atoms with E-state index in [1.807, 2.05) is 6.07 Å². The third-order valence-electron chi connectivity index (χ3n) is 2.99. The minimum absolute atomic E-state index is 0.0298. The SMILES string of the molecule is Cc1ccc(C(=O)C(O)=Cc2ccccc2)c(C(=O)O)c1. The summed E-state index contributed by atoms with van der Waals surface area (Å²) in [4.78, 5) is 23.4. The van der Waals surface area contributed by atoms with Gasteiger partial charge in [-0.3, -0.25) is 4.79 Å². The van der Waals surface area contributed by atoms with E-state index in [-0.39, 0.29) is 11.1 Å². The van der Waals surface area contributed by atoms with Gasteiger partial charge >= 0.3 is 5.97 Å². The van der Waals surface area contributed by atoms with Crippen molar-refractivity contribution in [2.75, 3.05) is 0 Å². The monoisotopic (exact) mass is 282 g/mol. The van der Waals surface area contributed by atoms with Crippen molar-refractivity contribution in [1.29, 1.82) is 0 Å². The normalized spacial score (nSPS) is 11.2. The maximum atomic E-state index is 12.2. The van der Waals surface area contributed by atoms with Gasteiger partial charge in [-0.25, -0.2) is 4.79 Å². The molecule has 0 saturated carbocycles. The number of aliphatic hydroxyl groups is 1. The Morgan fingerprint density at radius 3 is 2.24 bits per heavy atom. The predicted octanol–water partition coefficient (Wildman–Crippen LogP) is 3.48. The first-order valence-corrected chi connectivity index (χ1v) is 6.33. The number of Topliss-reactive ketones (excluding diaryl/α,β-unsaturated/α-hetero) is 1. The smallest absolute Gasteiger partial charge is 0.336 e. The Bertz CT molecular complexity index is 715. The van der Waals surface area contributed by atoms with Gasteiger partial charge in [-0.15, -0.1) is 0 Å². The first-order valence-electron chi connectivity index (χ1n) is 6.33. The number of hydrogen-bond acceptors (Lipinski definition) is 3. The fourth-order valence-corrected chi connectivity index (χ4v) is 1.94. The van der Waals surface area contributed by atoms with Crippen molar-refractivity contribution in [2.24, 2.45) is 0 Å². The molecule has 0 fully saturated rings. The maximum absolute atomic E-state index is 12.2. The highest BCUT2D eigenvalue weighted by atomic mass is 16.4. The maximum Gasteiger partial charge on any atom is 0.336 e. The molecule has 2 N–H and O–H groups in total. The second-order valence-electron chi connectivity index (χ2n) is 4.62. The molecule has 0 aromatic heterocycles. The van der Waals surface area contributed by atoms with Gasteiger partial charge in [0, 0.05) is 5.56 Å². The molecule has 0 amide bonds. The van der Waals surface area contributed by atoms with Gasteiger partial charge in [0.15, 0.2) is 5.76 Å². The number of hydrogen-bond donors (Lipinski definition) is 2. The van der Waals surface area contributed by atoms with E-state index in [0.29, 0.717) is 5.56 Å². The molecule has 0 spiro atoms. The average Bonchev–Trinajstić information content (AvgIpc) is 2.47. The second-order valence-corrected chi connectivity index (χ2v) is 4.62. The molecule has 21 heavy (non-hydrogen) atoms. The van der Waals surface area contributed by atoms with Gasteiger partial charge < -0.3 is 10.2 Å². The number of carbonyl (C=O) groups is 2. The Morgan fingerprint density at radius 2 is 1.62 bits per heavy atom. The van der Waals surface area contributed by atoms with Crippen molar-refractivity contribution in [3.63, 3.8) is 0 Å². The summed E-state index contributed by atoms with van der Waals surface area (Å²) in [6.07, 6.45) is 1.31. The van der Waals surface area contributed by atoms with E-state index in [2.05, 4.69) is 0 Å². The molecule has 4 heteroatoms. The van der Waals surface area contributed by atoms with E-state index in [1.54, 1.807) is 37.3 Å². The van der Waals surface area contributed by atoms with Crippen LogP contribution in [0.4, 0.5) is 0 Å². The largest absolute Gasteiger partial charge is 0.504 e.